The third-order valence-electron chi connectivity index (χ3n) is 3.76. The van der Waals surface area contributed by atoms with E-state index in [-0.39, 0.29) is 5.92 Å². The molecule has 0 saturated heterocycles. The summed E-state index contributed by atoms with van der Waals surface area (Å²) in [4.78, 5) is 0. The highest BCUT2D eigenvalue weighted by molar-refractivity contribution is 5.12. The highest BCUT2D eigenvalue weighted by atomic mass is 16.3. The Bertz CT molecular complexity index is 219. The number of nitrogens with zero attached hydrogens (tertiary/aromatic N) is 1. The van der Waals surface area contributed by atoms with Crippen LogP contribution < -0.4 is 0 Å². The zero-order chi connectivity index (χ0) is 10.1. The van der Waals surface area contributed by atoms with Crippen LogP contribution in [0.5, 0.6) is 0 Å². The van der Waals surface area contributed by atoms with Gasteiger partial charge in [-0.1, -0.05) is 26.7 Å². The van der Waals surface area contributed by atoms with Crippen molar-refractivity contribution in [3.05, 3.63) is 0 Å². The van der Waals surface area contributed by atoms with Crippen molar-refractivity contribution in [3.8, 4) is 6.07 Å². The molecule has 1 rings (SSSR count). The number of hydrogen-bond donors (Lipinski definition) is 1. The van der Waals surface area contributed by atoms with Gasteiger partial charge in [0.1, 0.15) is 0 Å². The average Bonchev–Trinajstić information content (AvgIpc) is 2.53. The third kappa shape index (κ3) is 1.46. The molecule has 0 heterocycles. The molecule has 1 saturated carbocycles. The van der Waals surface area contributed by atoms with Crippen LogP contribution in [0.1, 0.15) is 46.5 Å². The summed E-state index contributed by atoms with van der Waals surface area (Å²) in [7, 11) is 0. The van der Waals surface area contributed by atoms with Crippen LogP contribution in [0.15, 0.2) is 0 Å². The van der Waals surface area contributed by atoms with E-state index in [0.29, 0.717) is 0 Å². The smallest absolute Gasteiger partial charge is 0.0860 e. The van der Waals surface area contributed by atoms with E-state index in [9.17, 15) is 10.4 Å². The number of rotatable bonds is 2. The molecular weight excluding hydrogens is 162 g/mol. The topological polar surface area (TPSA) is 44.0 Å². The van der Waals surface area contributed by atoms with E-state index in [0.717, 1.165) is 25.7 Å². The van der Waals surface area contributed by atoms with E-state index >= 15 is 0 Å². The van der Waals surface area contributed by atoms with E-state index in [4.69, 9.17) is 0 Å². The molecule has 0 spiro atoms. The zero-order valence-corrected chi connectivity index (χ0v) is 8.80. The summed E-state index contributed by atoms with van der Waals surface area (Å²) >= 11 is 0. The van der Waals surface area contributed by atoms with E-state index < -0.39 is 11.0 Å². The van der Waals surface area contributed by atoms with Gasteiger partial charge in [-0.2, -0.15) is 5.26 Å². The van der Waals surface area contributed by atoms with Crippen molar-refractivity contribution < 1.29 is 5.11 Å². The first-order valence-electron chi connectivity index (χ1n) is 5.10. The fraction of sp³-hybridized carbons (Fsp3) is 0.909. The van der Waals surface area contributed by atoms with Gasteiger partial charge in [-0.3, -0.25) is 0 Å². The maximum atomic E-state index is 10.3. The highest BCUT2D eigenvalue weighted by Gasteiger charge is 2.50. The van der Waals surface area contributed by atoms with Crippen LogP contribution in [0, 0.1) is 22.7 Å². The molecule has 1 atom stereocenters. The van der Waals surface area contributed by atoms with Crippen LogP contribution in [0.4, 0.5) is 0 Å². The normalized spacial score (nSPS) is 25.5. The van der Waals surface area contributed by atoms with Crippen molar-refractivity contribution in [3.63, 3.8) is 0 Å². The predicted octanol–water partition coefficient (Wildman–Crippen LogP) is 2.48. The third-order valence-corrected chi connectivity index (χ3v) is 3.76. The summed E-state index contributed by atoms with van der Waals surface area (Å²) in [5, 5.41) is 19.5. The summed E-state index contributed by atoms with van der Waals surface area (Å²) in [5.41, 5.74) is -1.32. The lowest BCUT2D eigenvalue weighted by atomic mass is 9.67. The van der Waals surface area contributed by atoms with Crippen molar-refractivity contribution in [1.82, 2.24) is 0 Å². The molecule has 0 aromatic rings. The van der Waals surface area contributed by atoms with Gasteiger partial charge in [0.25, 0.3) is 0 Å². The highest BCUT2D eigenvalue weighted by Crippen LogP contribution is 2.48. The van der Waals surface area contributed by atoms with Gasteiger partial charge < -0.3 is 5.11 Å². The average molecular weight is 181 g/mol. The Morgan fingerprint density at radius 1 is 1.38 bits per heavy atom. The Morgan fingerprint density at radius 3 is 2.15 bits per heavy atom. The fourth-order valence-electron chi connectivity index (χ4n) is 2.26. The van der Waals surface area contributed by atoms with E-state index in [2.05, 4.69) is 6.07 Å². The second kappa shape index (κ2) is 3.31. The van der Waals surface area contributed by atoms with Gasteiger partial charge in [-0.25, -0.2) is 0 Å². The summed E-state index contributed by atoms with van der Waals surface area (Å²) in [6.45, 7) is 5.78. The quantitative estimate of drug-likeness (QED) is 0.711. The minimum atomic E-state index is -0.835. The van der Waals surface area contributed by atoms with Crippen LogP contribution in [-0.2, 0) is 0 Å². The van der Waals surface area contributed by atoms with E-state index in [1.54, 1.807) is 0 Å². The van der Waals surface area contributed by atoms with Crippen molar-refractivity contribution in [2.24, 2.45) is 11.3 Å². The molecule has 1 aliphatic rings. The van der Waals surface area contributed by atoms with Gasteiger partial charge in [-0.05, 0) is 25.7 Å². The molecule has 0 bridgehead atoms. The number of nitriles is 1. The van der Waals surface area contributed by atoms with Gasteiger partial charge in [0.05, 0.1) is 17.1 Å². The van der Waals surface area contributed by atoms with Crippen molar-refractivity contribution >= 4 is 0 Å². The lowest BCUT2D eigenvalue weighted by Crippen LogP contribution is -2.47. The summed E-state index contributed by atoms with van der Waals surface area (Å²) < 4.78 is 0. The Kier molecular flexibility index (Phi) is 2.68. The van der Waals surface area contributed by atoms with Crippen LogP contribution in [0.2, 0.25) is 0 Å². The van der Waals surface area contributed by atoms with Gasteiger partial charge in [0.2, 0.25) is 0 Å². The summed E-state index contributed by atoms with van der Waals surface area (Å²) in [6, 6.07) is 2.35. The van der Waals surface area contributed by atoms with Crippen LogP contribution in [-0.4, -0.2) is 10.7 Å². The Hall–Kier alpha value is -0.550. The molecule has 74 valence electrons. The SMILES string of the molecule is CC(C)C(C)(O)C1(C#N)CCCC1. The molecule has 0 amide bonds. The molecule has 13 heavy (non-hydrogen) atoms. The zero-order valence-electron chi connectivity index (χ0n) is 8.80. The summed E-state index contributed by atoms with van der Waals surface area (Å²) in [6.07, 6.45) is 3.87. The second-order valence-corrected chi connectivity index (χ2v) is 4.70. The minimum absolute atomic E-state index is 0.144. The first-order chi connectivity index (χ1) is 5.96. The Labute approximate surface area is 80.6 Å². The van der Waals surface area contributed by atoms with Crippen LogP contribution >= 0.6 is 0 Å². The molecule has 0 aliphatic heterocycles. The van der Waals surface area contributed by atoms with Crippen molar-refractivity contribution in [2.45, 2.75) is 52.1 Å². The molecule has 1 aliphatic carbocycles. The van der Waals surface area contributed by atoms with Gasteiger partial charge in [0.15, 0.2) is 0 Å². The molecule has 1 N–H and O–H groups in total. The van der Waals surface area contributed by atoms with Crippen LogP contribution in [0.25, 0.3) is 0 Å². The number of hydrogen-bond acceptors (Lipinski definition) is 2. The Balaban J connectivity index is 2.95. The lowest BCUT2D eigenvalue weighted by molar-refractivity contribution is -0.0738. The first-order valence-corrected chi connectivity index (χ1v) is 5.10. The van der Waals surface area contributed by atoms with E-state index in [1.807, 2.05) is 20.8 Å². The maximum Gasteiger partial charge on any atom is 0.0860 e. The van der Waals surface area contributed by atoms with Gasteiger partial charge >= 0.3 is 0 Å². The molecular formula is C11H19NO. The second-order valence-electron chi connectivity index (χ2n) is 4.70. The summed E-state index contributed by atoms with van der Waals surface area (Å²) in [5.74, 6) is 0.144. The fourth-order valence-corrected chi connectivity index (χ4v) is 2.26. The molecule has 0 aromatic carbocycles. The molecule has 0 radical (unpaired) electrons. The molecule has 2 nitrogen and oxygen atoms in total. The standard InChI is InChI=1S/C11H19NO/c1-9(2)10(3,13)11(8-12)6-4-5-7-11/h9,13H,4-7H2,1-3H3. The van der Waals surface area contributed by atoms with Crippen molar-refractivity contribution in [1.29, 1.82) is 5.26 Å². The molecule has 1 fully saturated rings. The predicted molar refractivity (Wildman–Crippen MR) is 52.0 cm³/mol. The Morgan fingerprint density at radius 2 is 1.85 bits per heavy atom. The van der Waals surface area contributed by atoms with Crippen LogP contribution in [0.3, 0.4) is 0 Å². The molecule has 2 heteroatoms. The van der Waals surface area contributed by atoms with E-state index in [1.165, 1.54) is 0 Å². The van der Waals surface area contributed by atoms with Gasteiger partial charge in [0, 0.05) is 0 Å². The number of aliphatic hydroxyl groups is 1. The lowest BCUT2D eigenvalue weighted by Gasteiger charge is -2.40. The minimum Gasteiger partial charge on any atom is -0.388 e. The molecule has 1 unspecified atom stereocenters. The maximum absolute atomic E-state index is 10.3. The van der Waals surface area contributed by atoms with Crippen molar-refractivity contribution in [2.75, 3.05) is 0 Å². The van der Waals surface area contributed by atoms with Gasteiger partial charge in [-0.15, -0.1) is 0 Å². The molecule has 0 aromatic heterocycles. The first kappa shape index (κ1) is 10.5. The largest absolute Gasteiger partial charge is 0.388 e. The monoisotopic (exact) mass is 181 g/mol.